The Balaban J connectivity index is 1.25. The highest BCUT2D eigenvalue weighted by molar-refractivity contribution is 5.87. The molecule has 0 radical (unpaired) electrons. The Hall–Kier alpha value is -2.35. The lowest BCUT2D eigenvalue weighted by Gasteiger charge is -2.50. The van der Waals surface area contributed by atoms with E-state index < -0.39 is 0 Å². The summed E-state index contributed by atoms with van der Waals surface area (Å²) in [5, 5.41) is 9.96. The van der Waals surface area contributed by atoms with Crippen LogP contribution in [0.25, 0.3) is 6.08 Å². The molecule has 5 unspecified atom stereocenters. The van der Waals surface area contributed by atoms with Crippen molar-refractivity contribution in [2.24, 2.45) is 23.2 Å². The monoisotopic (exact) mass is 426 g/mol. The highest BCUT2D eigenvalue weighted by Gasteiger charge is 2.58. The quantitative estimate of drug-likeness (QED) is 0.598. The Labute approximate surface area is 191 Å². The molecule has 0 amide bonds. The largest absolute Gasteiger partial charge is 0.508 e. The topological polar surface area (TPSA) is 37.3 Å². The number of phenols is 1. The number of carbonyl (C=O) groups excluding carboxylic acids is 1. The Kier molecular flexibility index (Phi) is 4.82. The maximum Gasteiger partial charge on any atom is 0.139 e. The van der Waals surface area contributed by atoms with E-state index in [0.29, 0.717) is 35.2 Å². The van der Waals surface area contributed by atoms with Crippen molar-refractivity contribution >= 4 is 11.9 Å². The second-order valence-corrected chi connectivity index (χ2v) is 11.1. The summed E-state index contributed by atoms with van der Waals surface area (Å²) in [4.78, 5) is 13.3. The molecule has 32 heavy (non-hydrogen) atoms. The van der Waals surface area contributed by atoms with Crippen LogP contribution in [-0.2, 0) is 24.1 Å². The summed E-state index contributed by atoms with van der Waals surface area (Å²) in [5.41, 5.74) is 6.94. The molecule has 4 aliphatic carbocycles. The van der Waals surface area contributed by atoms with Crippen LogP contribution in [0.4, 0.5) is 0 Å². The smallest absolute Gasteiger partial charge is 0.139 e. The van der Waals surface area contributed by atoms with Crippen molar-refractivity contribution in [3.63, 3.8) is 0 Å². The van der Waals surface area contributed by atoms with Gasteiger partial charge >= 0.3 is 0 Å². The van der Waals surface area contributed by atoms with E-state index in [2.05, 4.69) is 43.3 Å². The molecule has 0 aliphatic heterocycles. The molecule has 2 saturated carbocycles. The predicted molar refractivity (Wildman–Crippen MR) is 129 cm³/mol. The van der Waals surface area contributed by atoms with Crippen LogP contribution < -0.4 is 0 Å². The van der Waals surface area contributed by atoms with Gasteiger partial charge in [0.05, 0.1) is 0 Å². The molecule has 166 valence electrons. The molecule has 0 saturated heterocycles. The second-order valence-electron chi connectivity index (χ2n) is 11.1. The molecule has 2 aromatic carbocycles. The van der Waals surface area contributed by atoms with Crippen LogP contribution in [0, 0.1) is 23.2 Å². The fraction of sp³-hybridized carbons (Fsp3) is 0.500. The zero-order valence-corrected chi connectivity index (χ0v) is 19.1. The third-order valence-electron chi connectivity index (χ3n) is 9.45. The molecule has 2 fully saturated rings. The van der Waals surface area contributed by atoms with Crippen LogP contribution in [0.1, 0.15) is 79.2 Å². The van der Waals surface area contributed by atoms with E-state index in [4.69, 9.17) is 0 Å². The van der Waals surface area contributed by atoms with Gasteiger partial charge in [-0.3, -0.25) is 4.79 Å². The highest BCUT2D eigenvalue weighted by Crippen LogP contribution is 2.62. The number of phenolic OH excluding ortho intramolecular Hbond substituents is 1. The van der Waals surface area contributed by atoms with Gasteiger partial charge in [-0.15, -0.1) is 0 Å². The van der Waals surface area contributed by atoms with Crippen LogP contribution in [0.15, 0.2) is 42.5 Å². The lowest BCUT2D eigenvalue weighted by molar-refractivity contribution is -0.129. The lowest BCUT2D eigenvalue weighted by atomic mass is 9.54. The number of benzene rings is 2. The van der Waals surface area contributed by atoms with Gasteiger partial charge in [0.15, 0.2) is 0 Å². The van der Waals surface area contributed by atoms with Crippen LogP contribution in [0.5, 0.6) is 5.75 Å². The first-order valence-corrected chi connectivity index (χ1v) is 12.7. The molecule has 6 rings (SSSR count). The summed E-state index contributed by atoms with van der Waals surface area (Å²) < 4.78 is 0. The van der Waals surface area contributed by atoms with Crippen molar-refractivity contribution in [1.29, 1.82) is 0 Å². The summed E-state index contributed by atoms with van der Waals surface area (Å²) in [5.74, 6) is 3.08. The van der Waals surface area contributed by atoms with Gasteiger partial charge in [-0.25, -0.2) is 0 Å². The highest BCUT2D eigenvalue weighted by atomic mass is 16.3. The first kappa shape index (κ1) is 20.3. The first-order chi connectivity index (χ1) is 15.5. The molecule has 0 aromatic heterocycles. The van der Waals surface area contributed by atoms with Gasteiger partial charge in [0.1, 0.15) is 11.5 Å². The Morgan fingerprint density at radius 1 is 1.06 bits per heavy atom. The number of Topliss-reactive ketones (excluding diaryl/α,β-unsaturated/α-hetero) is 1. The van der Waals surface area contributed by atoms with Crippen LogP contribution in [-0.4, -0.2) is 10.9 Å². The van der Waals surface area contributed by atoms with Crippen LogP contribution in [0.2, 0.25) is 0 Å². The van der Waals surface area contributed by atoms with E-state index in [9.17, 15) is 9.90 Å². The number of hydrogen-bond donors (Lipinski definition) is 1. The Morgan fingerprint density at radius 2 is 1.97 bits per heavy atom. The predicted octanol–water partition coefficient (Wildman–Crippen LogP) is 6.64. The fourth-order valence-corrected chi connectivity index (χ4v) is 7.88. The van der Waals surface area contributed by atoms with E-state index in [0.717, 1.165) is 57.8 Å². The summed E-state index contributed by atoms with van der Waals surface area (Å²) in [7, 11) is 0. The lowest BCUT2D eigenvalue weighted by Crippen LogP contribution is -2.44. The van der Waals surface area contributed by atoms with Gasteiger partial charge in [0, 0.05) is 11.8 Å². The van der Waals surface area contributed by atoms with Crippen molar-refractivity contribution in [1.82, 2.24) is 0 Å². The van der Waals surface area contributed by atoms with Gasteiger partial charge in [-0.1, -0.05) is 43.3 Å². The zero-order valence-electron chi connectivity index (χ0n) is 19.1. The molecular weight excluding hydrogens is 392 g/mol. The minimum absolute atomic E-state index is 0.126. The maximum atomic E-state index is 13.3. The minimum Gasteiger partial charge on any atom is -0.508 e. The molecule has 2 heteroatoms. The maximum absolute atomic E-state index is 13.3. The standard InChI is InChI=1S/C30H34O2/c1-30-15-14-26-25-13-11-24(31)17-22(25)10-12-27(26)29(30)23(18-28(30)32)9-7-19-6-8-20-4-2-3-5-21(20)16-19/h3,5-6,8,11,13,16-17,23,26-27,29,31H,2,4,7,9-10,12,14-15,18H2,1H3. The van der Waals surface area contributed by atoms with E-state index >= 15 is 0 Å². The fourth-order valence-electron chi connectivity index (χ4n) is 7.88. The van der Waals surface area contributed by atoms with E-state index in [1.54, 1.807) is 0 Å². The molecule has 2 nitrogen and oxygen atoms in total. The van der Waals surface area contributed by atoms with Gasteiger partial charge in [0.2, 0.25) is 0 Å². The van der Waals surface area contributed by atoms with E-state index in [-0.39, 0.29) is 5.41 Å². The number of fused-ring (bicyclic) bond motifs is 6. The molecule has 2 aromatic rings. The van der Waals surface area contributed by atoms with Crippen molar-refractivity contribution in [2.75, 3.05) is 0 Å². The van der Waals surface area contributed by atoms with Gasteiger partial charge in [0.25, 0.3) is 0 Å². The van der Waals surface area contributed by atoms with Gasteiger partial charge in [-0.05, 0) is 115 Å². The first-order valence-electron chi connectivity index (χ1n) is 12.7. The number of hydrogen-bond acceptors (Lipinski definition) is 2. The summed E-state index contributed by atoms with van der Waals surface area (Å²) >= 11 is 0. The molecular formula is C30H34O2. The Morgan fingerprint density at radius 3 is 2.88 bits per heavy atom. The molecule has 0 spiro atoms. The molecule has 0 bridgehead atoms. The van der Waals surface area contributed by atoms with Gasteiger partial charge in [-0.2, -0.15) is 0 Å². The van der Waals surface area contributed by atoms with Crippen molar-refractivity contribution < 1.29 is 9.90 Å². The third kappa shape index (κ3) is 3.17. The van der Waals surface area contributed by atoms with Crippen molar-refractivity contribution in [3.05, 3.63) is 70.3 Å². The third-order valence-corrected chi connectivity index (χ3v) is 9.45. The van der Waals surface area contributed by atoms with Crippen molar-refractivity contribution in [2.45, 2.75) is 70.6 Å². The molecule has 1 N–H and O–H groups in total. The molecule has 0 heterocycles. The number of aromatic hydroxyl groups is 1. The van der Waals surface area contributed by atoms with E-state index in [1.807, 2.05) is 12.1 Å². The van der Waals surface area contributed by atoms with E-state index in [1.165, 1.54) is 27.8 Å². The van der Waals surface area contributed by atoms with Crippen molar-refractivity contribution in [3.8, 4) is 5.75 Å². The van der Waals surface area contributed by atoms with Crippen LogP contribution >= 0.6 is 0 Å². The number of carbonyl (C=O) groups is 1. The average Bonchev–Trinajstić information content (AvgIpc) is 3.07. The molecule has 5 atom stereocenters. The minimum atomic E-state index is -0.126. The van der Waals surface area contributed by atoms with Crippen LogP contribution in [0.3, 0.4) is 0 Å². The average molecular weight is 427 g/mol. The number of ketones is 1. The summed E-state index contributed by atoms with van der Waals surface area (Å²) in [6, 6.07) is 13.0. The number of aryl methyl sites for hydroxylation is 3. The Bertz CT molecular complexity index is 1100. The summed E-state index contributed by atoms with van der Waals surface area (Å²) in [6.45, 7) is 2.28. The number of allylic oxidation sites excluding steroid dienone is 1. The number of rotatable bonds is 3. The second kappa shape index (κ2) is 7.61. The SMILES string of the molecule is CC12CCC3c4ccc(O)cc4CCC3C1C(CCc1ccc3c(c1)C=CCC3)CC2=O. The molecule has 4 aliphatic rings. The summed E-state index contributed by atoms with van der Waals surface area (Å²) in [6.07, 6.45) is 14.2. The zero-order chi connectivity index (χ0) is 21.9. The van der Waals surface area contributed by atoms with Gasteiger partial charge < -0.3 is 5.11 Å². The normalized spacial score (nSPS) is 32.7.